The number of hydrogen-bond acceptors (Lipinski definition) is 5. The third-order valence-electron chi connectivity index (χ3n) is 1.95. The lowest BCUT2D eigenvalue weighted by Crippen LogP contribution is -2.47. The molecule has 0 aliphatic rings. The molecule has 2 N–H and O–H groups in total. The van der Waals surface area contributed by atoms with Crippen LogP contribution >= 0.6 is 12.6 Å². The van der Waals surface area contributed by atoms with Crippen LogP contribution in [0.25, 0.3) is 0 Å². The third kappa shape index (κ3) is 4.81. The summed E-state index contributed by atoms with van der Waals surface area (Å²) in [5, 5.41) is 12.7. The summed E-state index contributed by atoms with van der Waals surface area (Å²) in [7, 11) is 0. The molecule has 92 valence electrons. The largest absolute Gasteiger partial charge is 0.349 e. The maximum Gasteiger partial charge on any atom is 0.243 e. The van der Waals surface area contributed by atoms with E-state index in [-0.39, 0.29) is 24.1 Å². The molecule has 1 heterocycles. The van der Waals surface area contributed by atoms with Crippen molar-refractivity contribution in [1.82, 2.24) is 20.8 Å². The van der Waals surface area contributed by atoms with Crippen molar-refractivity contribution in [1.29, 1.82) is 0 Å². The fourth-order valence-corrected chi connectivity index (χ4v) is 1.43. The molecule has 0 fully saturated rings. The zero-order valence-electron chi connectivity index (χ0n) is 9.38. The summed E-state index contributed by atoms with van der Waals surface area (Å²) in [4.78, 5) is 22.5. The Bertz CT molecular complexity index is 385. The van der Waals surface area contributed by atoms with E-state index >= 15 is 0 Å². The Morgan fingerprint density at radius 3 is 2.82 bits per heavy atom. The van der Waals surface area contributed by atoms with Crippen LogP contribution in [-0.4, -0.2) is 33.8 Å². The Morgan fingerprint density at radius 2 is 2.29 bits per heavy atom. The van der Waals surface area contributed by atoms with Gasteiger partial charge >= 0.3 is 0 Å². The first-order valence-corrected chi connectivity index (χ1v) is 5.69. The van der Waals surface area contributed by atoms with Gasteiger partial charge in [0.05, 0.1) is 12.2 Å². The molecule has 1 rings (SSSR count). The van der Waals surface area contributed by atoms with Gasteiger partial charge in [0.25, 0.3) is 0 Å². The number of rotatable bonds is 5. The van der Waals surface area contributed by atoms with E-state index in [4.69, 9.17) is 0 Å². The predicted octanol–water partition coefficient (Wildman–Crippen LogP) is -0.473. The summed E-state index contributed by atoms with van der Waals surface area (Å²) < 4.78 is 0. The number of thiol groups is 1. The predicted molar refractivity (Wildman–Crippen MR) is 65.3 cm³/mol. The highest BCUT2D eigenvalue weighted by Gasteiger charge is 2.17. The summed E-state index contributed by atoms with van der Waals surface area (Å²) in [5.74, 6) is -0.314. The summed E-state index contributed by atoms with van der Waals surface area (Å²) in [5.41, 5.74) is 0.654. The van der Waals surface area contributed by atoms with Gasteiger partial charge in [0.15, 0.2) is 0 Å². The summed E-state index contributed by atoms with van der Waals surface area (Å²) >= 11 is 4.01. The molecule has 7 heteroatoms. The number of hydrogen-bond donors (Lipinski definition) is 3. The Balaban J connectivity index is 2.45. The minimum Gasteiger partial charge on any atom is -0.349 e. The number of carbonyl (C=O) groups is 2. The molecule has 0 saturated carbocycles. The van der Waals surface area contributed by atoms with E-state index in [0.717, 1.165) is 0 Å². The molecule has 0 bridgehead atoms. The number of aromatic nitrogens is 2. The van der Waals surface area contributed by atoms with E-state index in [0.29, 0.717) is 5.69 Å². The highest BCUT2D eigenvalue weighted by molar-refractivity contribution is 7.80. The van der Waals surface area contributed by atoms with Gasteiger partial charge in [0, 0.05) is 18.9 Å². The Hall–Kier alpha value is -1.63. The minimum absolute atomic E-state index is 0.242. The van der Waals surface area contributed by atoms with Crippen molar-refractivity contribution in [3.05, 3.63) is 24.0 Å². The molecule has 0 aliphatic heterocycles. The molecule has 1 atom stereocenters. The van der Waals surface area contributed by atoms with Gasteiger partial charge in [-0.25, -0.2) is 0 Å². The van der Waals surface area contributed by atoms with Gasteiger partial charge < -0.3 is 10.6 Å². The highest BCUT2D eigenvalue weighted by Crippen LogP contribution is 1.93. The van der Waals surface area contributed by atoms with Gasteiger partial charge in [-0.2, -0.15) is 22.8 Å². The van der Waals surface area contributed by atoms with Crippen LogP contribution in [0, 0.1) is 0 Å². The van der Waals surface area contributed by atoms with E-state index in [1.165, 1.54) is 6.92 Å². The molecule has 2 amide bonds. The maximum atomic E-state index is 11.7. The zero-order chi connectivity index (χ0) is 12.7. The van der Waals surface area contributed by atoms with Crippen molar-refractivity contribution in [3.8, 4) is 0 Å². The van der Waals surface area contributed by atoms with Crippen LogP contribution in [0.2, 0.25) is 0 Å². The molecule has 1 aromatic rings. The molecule has 1 unspecified atom stereocenters. The molecule has 0 aliphatic carbocycles. The summed E-state index contributed by atoms with van der Waals surface area (Å²) in [6.07, 6.45) is 1.55. The molecule has 1 aromatic heterocycles. The second kappa shape index (κ2) is 6.85. The van der Waals surface area contributed by atoms with Gasteiger partial charge in [-0.15, -0.1) is 0 Å². The topological polar surface area (TPSA) is 84.0 Å². The van der Waals surface area contributed by atoms with E-state index in [2.05, 4.69) is 33.5 Å². The summed E-state index contributed by atoms with van der Waals surface area (Å²) in [6, 6.07) is 2.85. The smallest absolute Gasteiger partial charge is 0.243 e. The fourth-order valence-electron chi connectivity index (χ4n) is 1.17. The summed E-state index contributed by atoms with van der Waals surface area (Å²) in [6.45, 7) is 1.63. The van der Waals surface area contributed by atoms with Gasteiger partial charge in [-0.1, -0.05) is 0 Å². The quantitative estimate of drug-likeness (QED) is 0.620. The second-order valence-electron chi connectivity index (χ2n) is 3.37. The average molecular weight is 254 g/mol. The molecule has 17 heavy (non-hydrogen) atoms. The molecule has 0 radical (unpaired) electrons. The van der Waals surface area contributed by atoms with Crippen molar-refractivity contribution in [2.24, 2.45) is 0 Å². The average Bonchev–Trinajstić information content (AvgIpc) is 2.34. The minimum atomic E-state index is -0.632. The van der Waals surface area contributed by atoms with Gasteiger partial charge in [0.2, 0.25) is 11.8 Å². The van der Waals surface area contributed by atoms with Gasteiger partial charge in [-0.05, 0) is 12.1 Å². The van der Waals surface area contributed by atoms with Crippen LogP contribution < -0.4 is 10.6 Å². The number of carbonyl (C=O) groups excluding carboxylic acids is 2. The molecule has 0 aromatic carbocycles. The van der Waals surface area contributed by atoms with Crippen LogP contribution in [0.4, 0.5) is 0 Å². The first-order valence-electron chi connectivity index (χ1n) is 5.05. The lowest BCUT2D eigenvalue weighted by Gasteiger charge is -2.14. The van der Waals surface area contributed by atoms with Crippen LogP contribution in [0.1, 0.15) is 12.6 Å². The number of amides is 2. The second-order valence-corrected chi connectivity index (χ2v) is 3.73. The van der Waals surface area contributed by atoms with Crippen LogP contribution in [0.3, 0.4) is 0 Å². The molecule has 0 spiro atoms. The van der Waals surface area contributed by atoms with E-state index in [1.807, 2.05) is 0 Å². The van der Waals surface area contributed by atoms with Crippen LogP contribution in [0.15, 0.2) is 18.3 Å². The molecular weight excluding hydrogens is 240 g/mol. The normalized spacial score (nSPS) is 11.6. The Kier molecular flexibility index (Phi) is 5.41. The number of nitrogens with zero attached hydrogens (tertiary/aromatic N) is 2. The van der Waals surface area contributed by atoms with E-state index in [9.17, 15) is 9.59 Å². The molecule has 0 saturated heterocycles. The SMILES string of the molecule is CC(=O)NC(CS)C(=O)NCc1cccnn1. The van der Waals surface area contributed by atoms with Crippen molar-refractivity contribution < 1.29 is 9.59 Å². The lowest BCUT2D eigenvalue weighted by molar-refractivity contribution is -0.127. The standard InChI is InChI=1S/C10H14N4O2S/c1-7(15)13-9(6-17)10(16)11-5-8-3-2-4-12-14-8/h2-4,9,17H,5-6H2,1H3,(H,11,16)(H,13,15). The Labute approximate surface area is 105 Å². The van der Waals surface area contributed by atoms with Crippen molar-refractivity contribution in [2.45, 2.75) is 19.5 Å². The maximum absolute atomic E-state index is 11.7. The first-order chi connectivity index (χ1) is 8.13. The Morgan fingerprint density at radius 1 is 1.53 bits per heavy atom. The first kappa shape index (κ1) is 13.4. The van der Waals surface area contributed by atoms with E-state index < -0.39 is 6.04 Å². The molecular formula is C10H14N4O2S. The number of nitrogens with one attached hydrogen (secondary N) is 2. The van der Waals surface area contributed by atoms with Crippen molar-refractivity contribution >= 4 is 24.4 Å². The molecule has 6 nitrogen and oxygen atoms in total. The third-order valence-corrected chi connectivity index (χ3v) is 2.31. The van der Waals surface area contributed by atoms with Crippen molar-refractivity contribution in [2.75, 3.05) is 5.75 Å². The van der Waals surface area contributed by atoms with E-state index in [1.54, 1.807) is 18.3 Å². The zero-order valence-corrected chi connectivity index (χ0v) is 10.3. The van der Waals surface area contributed by atoms with Crippen LogP contribution in [0.5, 0.6) is 0 Å². The lowest BCUT2D eigenvalue weighted by atomic mass is 10.3. The van der Waals surface area contributed by atoms with Crippen molar-refractivity contribution in [3.63, 3.8) is 0 Å². The van der Waals surface area contributed by atoms with Crippen LogP contribution in [-0.2, 0) is 16.1 Å². The highest BCUT2D eigenvalue weighted by atomic mass is 32.1. The van der Waals surface area contributed by atoms with Gasteiger partial charge in [-0.3, -0.25) is 9.59 Å². The van der Waals surface area contributed by atoms with Gasteiger partial charge in [0.1, 0.15) is 6.04 Å². The monoisotopic (exact) mass is 254 g/mol. The fraction of sp³-hybridized carbons (Fsp3) is 0.400.